The average Bonchev–Trinajstić information content (AvgIpc) is 1.96. The Balaban J connectivity index is 3.36. The number of H-pyrrole nitrogens is 1. The summed E-state index contributed by atoms with van der Waals surface area (Å²) in [7, 11) is 1.66. The van der Waals surface area contributed by atoms with Gasteiger partial charge in [-0.05, 0) is 15.9 Å². The van der Waals surface area contributed by atoms with E-state index >= 15 is 0 Å². The molecule has 0 aliphatic rings. The highest BCUT2D eigenvalue weighted by atomic mass is 79.9. The van der Waals surface area contributed by atoms with E-state index in [1.807, 2.05) is 0 Å². The van der Waals surface area contributed by atoms with Gasteiger partial charge in [0.2, 0.25) is 5.95 Å². The lowest BCUT2D eigenvalue weighted by atomic mass is 10.6. The van der Waals surface area contributed by atoms with Crippen LogP contribution < -0.4 is 16.6 Å². The van der Waals surface area contributed by atoms with Gasteiger partial charge in [-0.15, -0.1) is 0 Å². The molecule has 1 heterocycles. The summed E-state index contributed by atoms with van der Waals surface area (Å²) >= 11 is 3.05. The zero-order valence-corrected chi connectivity index (χ0v) is 7.40. The van der Waals surface area contributed by atoms with Crippen LogP contribution in [0.5, 0.6) is 0 Å². The van der Waals surface area contributed by atoms with Crippen molar-refractivity contribution >= 4 is 27.7 Å². The Morgan fingerprint density at radius 3 is 2.91 bits per heavy atom. The third-order valence-electron chi connectivity index (χ3n) is 1.12. The van der Waals surface area contributed by atoms with E-state index in [2.05, 4.69) is 31.2 Å². The molecule has 60 valence electrons. The third kappa shape index (κ3) is 1.51. The average molecular weight is 219 g/mol. The summed E-state index contributed by atoms with van der Waals surface area (Å²) < 4.78 is 0.356. The van der Waals surface area contributed by atoms with Crippen molar-refractivity contribution in [1.29, 1.82) is 0 Å². The summed E-state index contributed by atoms with van der Waals surface area (Å²) in [4.78, 5) is 17.1. The molecule has 0 saturated carbocycles. The van der Waals surface area contributed by atoms with E-state index in [0.29, 0.717) is 10.3 Å². The number of halogens is 1. The summed E-state index contributed by atoms with van der Waals surface area (Å²) in [6.07, 6.45) is 0. The summed E-state index contributed by atoms with van der Waals surface area (Å²) in [6, 6.07) is 0. The van der Waals surface area contributed by atoms with E-state index in [9.17, 15) is 4.79 Å². The normalized spacial score (nSPS) is 9.64. The van der Waals surface area contributed by atoms with Gasteiger partial charge in [-0.3, -0.25) is 9.78 Å². The number of hydrogen-bond donors (Lipinski definition) is 3. The van der Waals surface area contributed by atoms with Crippen LogP contribution in [0.2, 0.25) is 0 Å². The van der Waals surface area contributed by atoms with Crippen molar-refractivity contribution in [3.8, 4) is 0 Å². The van der Waals surface area contributed by atoms with Gasteiger partial charge in [-0.1, -0.05) is 0 Å². The minimum absolute atomic E-state index is 0.0996. The first kappa shape index (κ1) is 8.06. The quantitative estimate of drug-likeness (QED) is 0.627. The fourth-order valence-electron chi connectivity index (χ4n) is 0.642. The number of rotatable bonds is 1. The maximum atomic E-state index is 11.0. The van der Waals surface area contributed by atoms with Crippen LogP contribution in [-0.2, 0) is 0 Å². The van der Waals surface area contributed by atoms with Crippen LogP contribution in [0.4, 0.5) is 11.8 Å². The summed E-state index contributed by atoms with van der Waals surface area (Å²) in [5, 5.41) is 2.72. The maximum absolute atomic E-state index is 11.0. The molecule has 0 unspecified atom stereocenters. The zero-order chi connectivity index (χ0) is 8.43. The Morgan fingerprint density at radius 1 is 1.73 bits per heavy atom. The van der Waals surface area contributed by atoms with Crippen LogP contribution in [0.3, 0.4) is 0 Å². The van der Waals surface area contributed by atoms with E-state index in [1.54, 1.807) is 7.05 Å². The predicted molar refractivity (Wildman–Crippen MR) is 46.5 cm³/mol. The van der Waals surface area contributed by atoms with Gasteiger partial charge >= 0.3 is 0 Å². The molecule has 0 spiro atoms. The van der Waals surface area contributed by atoms with Crippen LogP contribution >= 0.6 is 15.9 Å². The molecule has 6 heteroatoms. The summed E-state index contributed by atoms with van der Waals surface area (Å²) in [6.45, 7) is 0. The molecule has 1 aromatic rings. The minimum Gasteiger partial charge on any atom is -0.372 e. The van der Waals surface area contributed by atoms with Gasteiger partial charge < -0.3 is 11.1 Å². The molecule has 0 amide bonds. The molecule has 0 bridgehead atoms. The summed E-state index contributed by atoms with van der Waals surface area (Å²) in [5.41, 5.74) is 4.99. The van der Waals surface area contributed by atoms with Gasteiger partial charge in [0.25, 0.3) is 5.56 Å². The number of aromatic nitrogens is 2. The first-order valence-corrected chi connectivity index (χ1v) is 3.67. The number of nitrogens with two attached hydrogens (primary N) is 1. The molecule has 1 rings (SSSR count). The van der Waals surface area contributed by atoms with Crippen molar-refractivity contribution in [2.24, 2.45) is 0 Å². The Morgan fingerprint density at radius 2 is 2.36 bits per heavy atom. The Bertz CT molecular complexity index is 321. The van der Waals surface area contributed by atoms with Gasteiger partial charge in [0.05, 0.1) is 0 Å². The molecule has 0 aliphatic carbocycles. The van der Waals surface area contributed by atoms with Crippen LogP contribution in [0.25, 0.3) is 0 Å². The molecule has 0 aromatic carbocycles. The highest BCUT2D eigenvalue weighted by molar-refractivity contribution is 9.10. The molecule has 1 aromatic heterocycles. The number of nitrogens with one attached hydrogen (secondary N) is 2. The minimum atomic E-state index is -0.290. The number of nitrogens with zero attached hydrogens (tertiary/aromatic N) is 1. The van der Waals surface area contributed by atoms with Crippen LogP contribution in [0, 0.1) is 0 Å². The number of anilines is 2. The number of hydrogen-bond acceptors (Lipinski definition) is 4. The monoisotopic (exact) mass is 218 g/mol. The molecule has 4 N–H and O–H groups in total. The first-order valence-electron chi connectivity index (χ1n) is 2.88. The predicted octanol–water partition coefficient (Wildman–Crippen LogP) is 0.156. The van der Waals surface area contributed by atoms with E-state index in [0.717, 1.165) is 0 Å². The molecule has 5 nitrogen and oxygen atoms in total. The largest absolute Gasteiger partial charge is 0.372 e. The Kier molecular flexibility index (Phi) is 2.13. The molecule has 0 radical (unpaired) electrons. The van der Waals surface area contributed by atoms with Crippen LogP contribution in [0.1, 0.15) is 0 Å². The SMILES string of the molecule is CNc1nc(N)[nH]c(=O)c1Br. The molecular formula is C5H7BrN4O. The summed E-state index contributed by atoms with van der Waals surface area (Å²) in [5.74, 6) is 0.536. The van der Waals surface area contributed by atoms with Gasteiger partial charge in [0.1, 0.15) is 10.3 Å². The van der Waals surface area contributed by atoms with Crippen molar-refractivity contribution in [3.63, 3.8) is 0 Å². The maximum Gasteiger partial charge on any atom is 0.268 e. The van der Waals surface area contributed by atoms with Crippen molar-refractivity contribution in [2.75, 3.05) is 18.1 Å². The molecule has 0 saturated heterocycles. The second-order valence-corrected chi connectivity index (χ2v) is 2.66. The van der Waals surface area contributed by atoms with Crippen molar-refractivity contribution in [3.05, 3.63) is 14.8 Å². The first-order chi connectivity index (χ1) is 5.15. The third-order valence-corrected chi connectivity index (χ3v) is 1.85. The molecule has 0 fully saturated rings. The fraction of sp³-hybridized carbons (Fsp3) is 0.200. The standard InChI is InChI=1S/C5H7BrN4O/c1-8-3-2(6)4(11)10-5(7)9-3/h1H3,(H4,7,8,9,10,11). The fourth-order valence-corrected chi connectivity index (χ4v) is 1.03. The smallest absolute Gasteiger partial charge is 0.268 e. The molecule has 0 aliphatic heterocycles. The lowest BCUT2D eigenvalue weighted by Gasteiger charge is -2.01. The highest BCUT2D eigenvalue weighted by Gasteiger charge is 2.04. The number of aromatic amines is 1. The van der Waals surface area contributed by atoms with E-state index in [4.69, 9.17) is 5.73 Å². The van der Waals surface area contributed by atoms with Crippen molar-refractivity contribution < 1.29 is 0 Å². The molecular weight excluding hydrogens is 212 g/mol. The van der Waals surface area contributed by atoms with Crippen molar-refractivity contribution in [2.45, 2.75) is 0 Å². The topological polar surface area (TPSA) is 83.8 Å². The lowest BCUT2D eigenvalue weighted by Crippen LogP contribution is -2.14. The van der Waals surface area contributed by atoms with E-state index < -0.39 is 0 Å². The second kappa shape index (κ2) is 2.91. The Labute approximate surface area is 71.2 Å². The van der Waals surface area contributed by atoms with Crippen LogP contribution in [0.15, 0.2) is 9.27 Å². The lowest BCUT2D eigenvalue weighted by molar-refractivity contribution is 1.11. The molecule has 0 atom stereocenters. The van der Waals surface area contributed by atoms with Crippen LogP contribution in [-0.4, -0.2) is 17.0 Å². The second-order valence-electron chi connectivity index (χ2n) is 1.86. The van der Waals surface area contributed by atoms with E-state index in [1.165, 1.54) is 0 Å². The highest BCUT2D eigenvalue weighted by Crippen LogP contribution is 2.13. The van der Waals surface area contributed by atoms with Gasteiger partial charge in [-0.2, -0.15) is 4.98 Å². The number of nitrogen functional groups attached to an aromatic ring is 1. The Hall–Kier alpha value is -1.04. The zero-order valence-electron chi connectivity index (χ0n) is 5.81. The van der Waals surface area contributed by atoms with Crippen molar-refractivity contribution in [1.82, 2.24) is 9.97 Å². The van der Waals surface area contributed by atoms with Gasteiger partial charge in [0, 0.05) is 7.05 Å². The van der Waals surface area contributed by atoms with Gasteiger partial charge in [0.15, 0.2) is 0 Å². The molecule has 11 heavy (non-hydrogen) atoms. The van der Waals surface area contributed by atoms with Gasteiger partial charge in [-0.25, -0.2) is 0 Å². The van der Waals surface area contributed by atoms with E-state index in [-0.39, 0.29) is 11.5 Å².